The zero-order valence-electron chi connectivity index (χ0n) is 12.0. The van der Waals surface area contributed by atoms with Crippen LogP contribution in [0.4, 0.5) is 0 Å². The van der Waals surface area contributed by atoms with E-state index in [4.69, 9.17) is 4.74 Å². The Labute approximate surface area is 121 Å². The van der Waals surface area contributed by atoms with Gasteiger partial charge in [-0.05, 0) is 30.7 Å². The lowest BCUT2D eigenvalue weighted by atomic mass is 9.84. The van der Waals surface area contributed by atoms with Crippen molar-refractivity contribution in [1.82, 2.24) is 5.32 Å². The van der Waals surface area contributed by atoms with E-state index in [0.717, 1.165) is 19.8 Å². The van der Waals surface area contributed by atoms with E-state index < -0.39 is 0 Å². The highest BCUT2D eigenvalue weighted by Gasteiger charge is 2.34. The van der Waals surface area contributed by atoms with Gasteiger partial charge in [-0.15, -0.1) is 11.8 Å². The first kappa shape index (κ1) is 14.9. The second kappa shape index (κ2) is 7.32. The second-order valence-corrected chi connectivity index (χ2v) is 6.92. The zero-order valence-corrected chi connectivity index (χ0v) is 12.8. The maximum atomic E-state index is 5.65. The molecule has 1 atom stereocenters. The minimum absolute atomic E-state index is 0.353. The number of benzene rings is 1. The van der Waals surface area contributed by atoms with Crippen LogP contribution in [0.5, 0.6) is 0 Å². The first-order valence-corrected chi connectivity index (χ1v) is 8.18. The predicted molar refractivity (Wildman–Crippen MR) is 82.8 cm³/mol. The maximum absolute atomic E-state index is 5.65. The number of ether oxygens (including phenoxy) is 1. The minimum atomic E-state index is 0.353. The van der Waals surface area contributed by atoms with Gasteiger partial charge >= 0.3 is 0 Å². The number of thioether (sulfide) groups is 1. The summed E-state index contributed by atoms with van der Waals surface area (Å²) in [6.07, 6.45) is 2.42. The van der Waals surface area contributed by atoms with E-state index in [1.165, 1.54) is 23.5 Å². The number of nitrogens with one attached hydrogen (secondary N) is 1. The molecule has 0 bridgehead atoms. The molecule has 19 heavy (non-hydrogen) atoms. The Hall–Kier alpha value is -0.510. The molecule has 1 saturated heterocycles. The molecule has 1 fully saturated rings. The topological polar surface area (TPSA) is 21.3 Å². The third kappa shape index (κ3) is 4.83. The molecule has 106 valence electrons. The highest BCUT2D eigenvalue weighted by molar-refractivity contribution is 7.99. The summed E-state index contributed by atoms with van der Waals surface area (Å²) in [7, 11) is 0. The second-order valence-electron chi connectivity index (χ2n) is 5.75. The van der Waals surface area contributed by atoms with Gasteiger partial charge in [0.1, 0.15) is 0 Å². The van der Waals surface area contributed by atoms with E-state index in [1.54, 1.807) is 0 Å². The van der Waals surface area contributed by atoms with Crippen LogP contribution in [0.2, 0.25) is 0 Å². The Balaban J connectivity index is 1.80. The van der Waals surface area contributed by atoms with Crippen LogP contribution >= 0.6 is 11.8 Å². The summed E-state index contributed by atoms with van der Waals surface area (Å²) in [5.74, 6) is 1.17. The molecule has 1 unspecified atom stereocenters. The van der Waals surface area contributed by atoms with Crippen LogP contribution in [-0.4, -0.2) is 31.6 Å². The van der Waals surface area contributed by atoms with E-state index in [0.29, 0.717) is 11.5 Å². The quantitative estimate of drug-likeness (QED) is 0.771. The van der Waals surface area contributed by atoms with Crippen LogP contribution in [0.3, 0.4) is 0 Å². The Morgan fingerprint density at radius 3 is 2.74 bits per heavy atom. The fourth-order valence-electron chi connectivity index (χ4n) is 2.40. The highest BCUT2D eigenvalue weighted by Crippen LogP contribution is 2.34. The van der Waals surface area contributed by atoms with E-state index in [2.05, 4.69) is 49.5 Å². The molecular formula is C16H25NOS. The predicted octanol–water partition coefficient (Wildman–Crippen LogP) is 3.57. The summed E-state index contributed by atoms with van der Waals surface area (Å²) in [6, 6.07) is 11.2. The number of hydrogen-bond donors (Lipinski definition) is 1. The average Bonchev–Trinajstić information content (AvgIpc) is 2.87. The molecule has 2 nitrogen and oxygen atoms in total. The van der Waals surface area contributed by atoms with Crippen LogP contribution in [0.25, 0.3) is 0 Å². The van der Waals surface area contributed by atoms with Crippen molar-refractivity contribution in [2.24, 2.45) is 5.41 Å². The monoisotopic (exact) mass is 279 g/mol. The normalized spacial score (nSPS) is 23.1. The molecule has 0 aromatic heterocycles. The summed E-state index contributed by atoms with van der Waals surface area (Å²) >= 11 is 1.96. The van der Waals surface area contributed by atoms with Crippen LogP contribution in [0.1, 0.15) is 26.7 Å². The molecule has 0 spiro atoms. The van der Waals surface area contributed by atoms with Gasteiger partial charge < -0.3 is 10.1 Å². The van der Waals surface area contributed by atoms with E-state index in [9.17, 15) is 0 Å². The molecule has 1 heterocycles. The molecule has 3 heteroatoms. The van der Waals surface area contributed by atoms with Gasteiger partial charge in [-0.3, -0.25) is 0 Å². The van der Waals surface area contributed by atoms with Gasteiger partial charge in [0, 0.05) is 29.5 Å². The highest BCUT2D eigenvalue weighted by atomic mass is 32.2. The Kier molecular flexibility index (Phi) is 5.74. The molecule has 1 N–H and O–H groups in total. The Bertz CT molecular complexity index is 360. The molecular weight excluding hydrogens is 254 g/mol. The molecule has 0 aliphatic carbocycles. The first-order valence-electron chi connectivity index (χ1n) is 7.19. The van der Waals surface area contributed by atoms with Gasteiger partial charge in [-0.25, -0.2) is 0 Å². The van der Waals surface area contributed by atoms with Crippen LogP contribution in [0.15, 0.2) is 35.2 Å². The molecule has 1 aromatic rings. The third-order valence-electron chi connectivity index (χ3n) is 3.71. The van der Waals surface area contributed by atoms with Crippen molar-refractivity contribution in [1.29, 1.82) is 0 Å². The molecule has 1 aliphatic rings. The molecule has 1 aromatic carbocycles. The van der Waals surface area contributed by atoms with Crippen molar-refractivity contribution in [3.05, 3.63) is 30.3 Å². The first-order chi connectivity index (χ1) is 9.20. The standard InChI is InChI=1S/C16H25NOS/c1-14(2)17-12-16(8-10-18-13-16)9-11-19-15-6-4-3-5-7-15/h3-7,14,17H,8-13H2,1-2H3. The van der Waals surface area contributed by atoms with Gasteiger partial charge in [0.05, 0.1) is 6.61 Å². The van der Waals surface area contributed by atoms with Gasteiger partial charge in [0.2, 0.25) is 0 Å². The van der Waals surface area contributed by atoms with E-state index in [-0.39, 0.29) is 0 Å². The van der Waals surface area contributed by atoms with E-state index >= 15 is 0 Å². The molecule has 0 radical (unpaired) electrons. The van der Waals surface area contributed by atoms with E-state index in [1.807, 2.05) is 11.8 Å². The van der Waals surface area contributed by atoms with Crippen LogP contribution < -0.4 is 5.32 Å². The van der Waals surface area contributed by atoms with Crippen molar-refractivity contribution in [3.8, 4) is 0 Å². The average molecular weight is 279 g/mol. The number of hydrogen-bond acceptors (Lipinski definition) is 3. The smallest absolute Gasteiger partial charge is 0.0535 e. The Morgan fingerprint density at radius 1 is 1.32 bits per heavy atom. The lowest BCUT2D eigenvalue weighted by Gasteiger charge is -2.28. The van der Waals surface area contributed by atoms with Crippen molar-refractivity contribution in [2.75, 3.05) is 25.5 Å². The van der Waals surface area contributed by atoms with Gasteiger partial charge in [-0.1, -0.05) is 32.0 Å². The summed E-state index contributed by atoms with van der Waals surface area (Å²) in [4.78, 5) is 1.37. The summed E-state index contributed by atoms with van der Waals surface area (Å²) in [5.41, 5.74) is 0.353. The van der Waals surface area contributed by atoms with Crippen LogP contribution in [-0.2, 0) is 4.74 Å². The zero-order chi connectivity index (χ0) is 13.6. The van der Waals surface area contributed by atoms with Crippen molar-refractivity contribution >= 4 is 11.8 Å². The fourth-order valence-corrected chi connectivity index (χ4v) is 3.52. The van der Waals surface area contributed by atoms with Crippen molar-refractivity contribution in [3.63, 3.8) is 0 Å². The molecule has 1 aliphatic heterocycles. The summed E-state index contributed by atoms with van der Waals surface area (Å²) < 4.78 is 5.65. The number of rotatable bonds is 7. The van der Waals surface area contributed by atoms with Crippen LogP contribution in [0, 0.1) is 5.41 Å². The fraction of sp³-hybridized carbons (Fsp3) is 0.625. The van der Waals surface area contributed by atoms with Gasteiger partial charge in [-0.2, -0.15) is 0 Å². The largest absolute Gasteiger partial charge is 0.381 e. The van der Waals surface area contributed by atoms with Gasteiger partial charge in [0.25, 0.3) is 0 Å². The van der Waals surface area contributed by atoms with Crippen molar-refractivity contribution in [2.45, 2.75) is 37.6 Å². The Morgan fingerprint density at radius 2 is 2.11 bits per heavy atom. The summed E-state index contributed by atoms with van der Waals surface area (Å²) in [6.45, 7) is 7.35. The third-order valence-corrected chi connectivity index (χ3v) is 4.73. The summed E-state index contributed by atoms with van der Waals surface area (Å²) in [5, 5.41) is 3.59. The molecule has 0 saturated carbocycles. The van der Waals surface area contributed by atoms with Gasteiger partial charge in [0.15, 0.2) is 0 Å². The lowest BCUT2D eigenvalue weighted by Crippen LogP contribution is -2.38. The lowest BCUT2D eigenvalue weighted by molar-refractivity contribution is 0.146. The minimum Gasteiger partial charge on any atom is -0.381 e. The van der Waals surface area contributed by atoms with Crippen molar-refractivity contribution < 1.29 is 4.74 Å². The SMILES string of the molecule is CC(C)NCC1(CCSc2ccccc2)CCOC1. The molecule has 2 rings (SSSR count). The maximum Gasteiger partial charge on any atom is 0.0535 e. The molecule has 0 amide bonds.